The largest absolute Gasteiger partial charge is 0.294 e. The first kappa shape index (κ1) is 11.4. The van der Waals surface area contributed by atoms with Crippen LogP contribution in [0.4, 0.5) is 5.69 Å². The highest BCUT2D eigenvalue weighted by atomic mass is 16.6. The van der Waals surface area contributed by atoms with Crippen LogP contribution in [0.3, 0.4) is 0 Å². The summed E-state index contributed by atoms with van der Waals surface area (Å²) < 4.78 is 0. The first-order valence-electron chi connectivity index (χ1n) is 4.90. The van der Waals surface area contributed by atoms with E-state index >= 15 is 0 Å². The van der Waals surface area contributed by atoms with Crippen molar-refractivity contribution in [2.24, 2.45) is 0 Å². The van der Waals surface area contributed by atoms with E-state index in [-0.39, 0.29) is 23.5 Å². The number of rotatable bonds is 4. The summed E-state index contributed by atoms with van der Waals surface area (Å²) >= 11 is 0. The van der Waals surface area contributed by atoms with Crippen molar-refractivity contribution in [3.63, 3.8) is 0 Å². The lowest BCUT2D eigenvalue weighted by molar-refractivity contribution is -0.385. The number of hydrogen-bond acceptors (Lipinski definition) is 3. The van der Waals surface area contributed by atoms with Gasteiger partial charge < -0.3 is 0 Å². The molecule has 0 aliphatic heterocycles. The minimum Gasteiger partial charge on any atom is -0.294 e. The first-order chi connectivity index (χ1) is 7.10. The van der Waals surface area contributed by atoms with E-state index < -0.39 is 4.92 Å². The zero-order valence-corrected chi connectivity index (χ0v) is 8.82. The molecule has 0 N–H and O–H groups in total. The number of carbonyl (C=O) groups is 1. The van der Waals surface area contributed by atoms with Gasteiger partial charge in [-0.1, -0.05) is 19.9 Å². The molecule has 80 valence electrons. The topological polar surface area (TPSA) is 60.2 Å². The van der Waals surface area contributed by atoms with Gasteiger partial charge in [-0.15, -0.1) is 0 Å². The number of nitrogens with zero attached hydrogens (tertiary/aromatic N) is 1. The van der Waals surface area contributed by atoms with E-state index in [4.69, 9.17) is 0 Å². The molecular formula is C11H13NO3. The van der Waals surface area contributed by atoms with Crippen LogP contribution in [0.2, 0.25) is 0 Å². The van der Waals surface area contributed by atoms with E-state index in [0.29, 0.717) is 0 Å². The van der Waals surface area contributed by atoms with Gasteiger partial charge in [0.25, 0.3) is 5.69 Å². The Hall–Kier alpha value is -1.71. The van der Waals surface area contributed by atoms with E-state index in [1.165, 1.54) is 6.07 Å². The molecule has 0 heterocycles. The summed E-state index contributed by atoms with van der Waals surface area (Å²) in [7, 11) is 0. The summed E-state index contributed by atoms with van der Waals surface area (Å²) in [6, 6.07) is 4.78. The first-order valence-corrected chi connectivity index (χ1v) is 4.90. The molecule has 0 atom stereocenters. The minimum atomic E-state index is -0.498. The zero-order valence-electron chi connectivity index (χ0n) is 8.82. The molecule has 0 bridgehead atoms. The molecule has 1 rings (SSSR count). The van der Waals surface area contributed by atoms with E-state index in [1.807, 2.05) is 6.92 Å². The average molecular weight is 207 g/mol. The summed E-state index contributed by atoms with van der Waals surface area (Å²) in [5.74, 6) is -0.190. The highest BCUT2D eigenvalue weighted by Gasteiger charge is 2.18. The lowest BCUT2D eigenvalue weighted by Gasteiger charge is -2.02. The Morgan fingerprint density at radius 2 is 2.07 bits per heavy atom. The Balaban J connectivity index is 3.27. The Labute approximate surface area is 88.1 Å². The average Bonchev–Trinajstić information content (AvgIpc) is 2.27. The van der Waals surface area contributed by atoms with Crippen LogP contribution in [-0.2, 0) is 6.42 Å². The predicted octanol–water partition coefficient (Wildman–Crippen LogP) is 2.75. The number of carbonyl (C=O) groups excluding carboxylic acids is 1. The van der Waals surface area contributed by atoms with Crippen LogP contribution in [0.1, 0.15) is 36.2 Å². The molecule has 0 aliphatic carbocycles. The van der Waals surface area contributed by atoms with Gasteiger partial charge in [0, 0.05) is 12.5 Å². The van der Waals surface area contributed by atoms with Crippen LogP contribution < -0.4 is 0 Å². The summed E-state index contributed by atoms with van der Waals surface area (Å²) in [6.07, 6.45) is 1.01. The molecule has 0 unspecified atom stereocenters. The molecule has 0 saturated carbocycles. The van der Waals surface area contributed by atoms with Gasteiger partial charge >= 0.3 is 0 Å². The zero-order chi connectivity index (χ0) is 11.4. The fraction of sp³-hybridized carbons (Fsp3) is 0.364. The fourth-order valence-corrected chi connectivity index (χ4v) is 1.37. The van der Waals surface area contributed by atoms with Crippen LogP contribution in [0.15, 0.2) is 18.2 Å². The van der Waals surface area contributed by atoms with E-state index in [9.17, 15) is 14.9 Å². The van der Waals surface area contributed by atoms with Crippen molar-refractivity contribution in [3.05, 3.63) is 39.4 Å². The second-order valence-electron chi connectivity index (χ2n) is 3.24. The molecule has 1 aromatic rings. The van der Waals surface area contributed by atoms with Gasteiger partial charge in [0.05, 0.1) is 10.5 Å². The summed E-state index contributed by atoms with van der Waals surface area (Å²) in [6.45, 7) is 3.61. The summed E-state index contributed by atoms with van der Waals surface area (Å²) in [5, 5.41) is 10.8. The molecule has 1 aromatic carbocycles. The van der Waals surface area contributed by atoms with Crippen molar-refractivity contribution < 1.29 is 9.72 Å². The SMILES string of the molecule is CCC(=O)c1ccc(CC)cc1[N+](=O)[O-]. The van der Waals surface area contributed by atoms with E-state index in [1.54, 1.807) is 19.1 Å². The van der Waals surface area contributed by atoms with E-state index in [0.717, 1.165) is 12.0 Å². The van der Waals surface area contributed by atoms with Crippen LogP contribution in [0, 0.1) is 10.1 Å². The number of Topliss-reactive ketones (excluding diaryl/α,β-unsaturated/α-hetero) is 1. The number of benzene rings is 1. The number of nitro groups is 1. The van der Waals surface area contributed by atoms with Crippen molar-refractivity contribution in [1.82, 2.24) is 0 Å². The number of hydrogen-bond donors (Lipinski definition) is 0. The van der Waals surface area contributed by atoms with Gasteiger partial charge in [-0.2, -0.15) is 0 Å². The van der Waals surface area contributed by atoms with Crippen LogP contribution in [0.25, 0.3) is 0 Å². The van der Waals surface area contributed by atoms with Crippen LogP contribution in [-0.4, -0.2) is 10.7 Å². The Bertz CT molecular complexity index is 399. The van der Waals surface area contributed by atoms with Crippen molar-refractivity contribution >= 4 is 11.5 Å². The molecule has 0 radical (unpaired) electrons. The molecule has 0 fully saturated rings. The van der Waals surface area contributed by atoms with Gasteiger partial charge in [-0.05, 0) is 18.1 Å². The molecule has 15 heavy (non-hydrogen) atoms. The van der Waals surface area contributed by atoms with Gasteiger partial charge in [-0.25, -0.2) is 0 Å². The maximum absolute atomic E-state index is 11.4. The van der Waals surface area contributed by atoms with Crippen molar-refractivity contribution in [2.75, 3.05) is 0 Å². The molecule has 0 spiro atoms. The molecular weight excluding hydrogens is 194 g/mol. The molecule has 0 aromatic heterocycles. The van der Waals surface area contributed by atoms with Crippen LogP contribution >= 0.6 is 0 Å². The van der Waals surface area contributed by atoms with E-state index in [2.05, 4.69) is 0 Å². The number of aryl methyl sites for hydroxylation is 1. The monoisotopic (exact) mass is 207 g/mol. The van der Waals surface area contributed by atoms with Crippen molar-refractivity contribution in [2.45, 2.75) is 26.7 Å². The Morgan fingerprint density at radius 1 is 1.40 bits per heavy atom. The number of ketones is 1. The normalized spacial score (nSPS) is 10.0. The Kier molecular flexibility index (Phi) is 3.55. The molecule has 0 amide bonds. The Morgan fingerprint density at radius 3 is 2.53 bits per heavy atom. The van der Waals surface area contributed by atoms with Crippen LogP contribution in [0.5, 0.6) is 0 Å². The lowest BCUT2D eigenvalue weighted by Crippen LogP contribution is -2.03. The third-order valence-corrected chi connectivity index (χ3v) is 2.29. The highest BCUT2D eigenvalue weighted by molar-refractivity contribution is 5.99. The smallest absolute Gasteiger partial charge is 0.280 e. The maximum Gasteiger partial charge on any atom is 0.280 e. The quantitative estimate of drug-likeness (QED) is 0.433. The number of nitro benzene ring substituents is 1. The lowest BCUT2D eigenvalue weighted by atomic mass is 10.0. The summed E-state index contributed by atoms with van der Waals surface area (Å²) in [5.41, 5.74) is 0.996. The molecule has 0 aliphatic rings. The van der Waals surface area contributed by atoms with Crippen molar-refractivity contribution in [3.8, 4) is 0 Å². The summed E-state index contributed by atoms with van der Waals surface area (Å²) in [4.78, 5) is 21.7. The van der Waals surface area contributed by atoms with Crippen molar-refractivity contribution in [1.29, 1.82) is 0 Å². The minimum absolute atomic E-state index is 0.0822. The second kappa shape index (κ2) is 4.68. The maximum atomic E-state index is 11.4. The van der Waals surface area contributed by atoms with Gasteiger partial charge in [-0.3, -0.25) is 14.9 Å². The fourth-order valence-electron chi connectivity index (χ4n) is 1.37. The second-order valence-corrected chi connectivity index (χ2v) is 3.24. The highest BCUT2D eigenvalue weighted by Crippen LogP contribution is 2.22. The third-order valence-electron chi connectivity index (χ3n) is 2.29. The molecule has 4 nitrogen and oxygen atoms in total. The van der Waals surface area contributed by atoms with Gasteiger partial charge in [0.1, 0.15) is 0 Å². The standard InChI is InChI=1S/C11H13NO3/c1-3-8-5-6-9(11(13)4-2)10(7-8)12(14)15/h5-7H,3-4H2,1-2H3. The molecule has 4 heteroatoms. The van der Waals surface area contributed by atoms with Gasteiger partial charge in [0.2, 0.25) is 0 Å². The third kappa shape index (κ3) is 2.40. The van der Waals surface area contributed by atoms with Gasteiger partial charge in [0.15, 0.2) is 5.78 Å². The predicted molar refractivity (Wildman–Crippen MR) is 57.1 cm³/mol. The molecule has 0 saturated heterocycles.